The minimum Gasteiger partial charge on any atom is -0.455 e. The number of para-hydroxylation sites is 3. The molecule has 248 valence electrons. The number of hydrogen-bond donors (Lipinski definition) is 0. The minimum atomic E-state index is 0.186. The summed E-state index contributed by atoms with van der Waals surface area (Å²) < 4.78 is 8.77. The molecule has 0 fully saturated rings. The third-order valence-corrected chi connectivity index (χ3v) is 11.1. The number of nitrogens with zero attached hydrogens (tertiary/aromatic N) is 1. The smallest absolute Gasteiger partial charge is 0.143 e. The Morgan fingerprint density at radius 2 is 1.11 bits per heavy atom. The number of hydrogen-bond acceptors (Lipinski definition) is 1. The third kappa shape index (κ3) is 4.73. The van der Waals surface area contributed by atoms with Gasteiger partial charge in [0.25, 0.3) is 0 Å². The van der Waals surface area contributed by atoms with Crippen molar-refractivity contribution in [3.05, 3.63) is 205 Å². The van der Waals surface area contributed by atoms with Crippen molar-refractivity contribution in [2.24, 2.45) is 0 Å². The lowest BCUT2D eigenvalue weighted by Gasteiger charge is -2.18. The van der Waals surface area contributed by atoms with Gasteiger partial charge in [-0.25, -0.2) is 0 Å². The lowest BCUT2D eigenvalue weighted by atomic mass is 9.85. The van der Waals surface area contributed by atoms with Crippen LogP contribution in [0.1, 0.15) is 22.6 Å². The SMILES string of the molecule is C1=CC(c2ccccc2)c2ccc(-c3ccc4c(c3)c3ccccc3n4-c3ccc(-c4cccc5c4oc4ccccc45)cc3)cc2-c2ccccc21. The molecule has 0 spiro atoms. The first-order chi connectivity index (χ1) is 26.3. The molecule has 0 amide bonds. The summed E-state index contributed by atoms with van der Waals surface area (Å²) in [5.74, 6) is 0.186. The largest absolute Gasteiger partial charge is 0.455 e. The Balaban J connectivity index is 1.02. The van der Waals surface area contributed by atoms with Gasteiger partial charge in [-0.05, 0) is 87.0 Å². The minimum absolute atomic E-state index is 0.186. The number of aromatic nitrogens is 1. The van der Waals surface area contributed by atoms with E-state index in [-0.39, 0.29) is 5.92 Å². The molecule has 0 saturated heterocycles. The molecule has 0 radical (unpaired) electrons. The topological polar surface area (TPSA) is 18.1 Å². The molecular weight excluding hydrogens is 643 g/mol. The van der Waals surface area contributed by atoms with Crippen molar-refractivity contribution in [2.75, 3.05) is 0 Å². The second-order valence-corrected chi connectivity index (χ2v) is 14.0. The summed E-state index contributed by atoms with van der Waals surface area (Å²) in [5.41, 5.74) is 16.5. The number of furan rings is 1. The average Bonchev–Trinajstić information content (AvgIpc) is 3.72. The van der Waals surface area contributed by atoms with E-state index in [0.717, 1.165) is 38.8 Å². The molecular formula is C51H33NO. The van der Waals surface area contributed by atoms with Crippen LogP contribution in [0.3, 0.4) is 0 Å². The molecule has 0 saturated carbocycles. The second kappa shape index (κ2) is 11.8. The van der Waals surface area contributed by atoms with E-state index < -0.39 is 0 Å². The number of fused-ring (bicyclic) bond motifs is 9. The van der Waals surface area contributed by atoms with Gasteiger partial charge in [-0.2, -0.15) is 0 Å². The average molecular weight is 676 g/mol. The highest BCUT2D eigenvalue weighted by molar-refractivity contribution is 6.11. The Hall–Kier alpha value is -6.90. The van der Waals surface area contributed by atoms with E-state index in [1.54, 1.807) is 0 Å². The van der Waals surface area contributed by atoms with Crippen LogP contribution in [0.4, 0.5) is 0 Å². The van der Waals surface area contributed by atoms with Crippen molar-refractivity contribution >= 4 is 49.8 Å². The van der Waals surface area contributed by atoms with E-state index in [9.17, 15) is 0 Å². The van der Waals surface area contributed by atoms with Gasteiger partial charge in [-0.1, -0.05) is 152 Å². The Bertz CT molecular complexity index is 3050. The molecule has 10 aromatic rings. The Kier molecular flexibility index (Phi) is 6.65. The monoisotopic (exact) mass is 675 g/mol. The van der Waals surface area contributed by atoms with Crippen molar-refractivity contribution < 1.29 is 4.42 Å². The predicted molar refractivity (Wildman–Crippen MR) is 222 cm³/mol. The molecule has 0 aliphatic heterocycles. The first-order valence-corrected chi connectivity index (χ1v) is 18.3. The molecule has 1 atom stereocenters. The fourth-order valence-electron chi connectivity index (χ4n) is 8.58. The van der Waals surface area contributed by atoms with Gasteiger partial charge in [0.1, 0.15) is 11.2 Å². The maximum Gasteiger partial charge on any atom is 0.143 e. The van der Waals surface area contributed by atoms with Crippen LogP contribution in [-0.4, -0.2) is 4.57 Å². The summed E-state index contributed by atoms with van der Waals surface area (Å²) in [6, 6.07) is 66.0. The van der Waals surface area contributed by atoms with Crippen LogP contribution in [0.2, 0.25) is 0 Å². The van der Waals surface area contributed by atoms with Crippen LogP contribution < -0.4 is 0 Å². The van der Waals surface area contributed by atoms with Crippen molar-refractivity contribution in [1.29, 1.82) is 0 Å². The van der Waals surface area contributed by atoms with Gasteiger partial charge in [0.05, 0.1) is 11.0 Å². The summed E-state index contributed by atoms with van der Waals surface area (Å²) in [6.07, 6.45) is 4.64. The molecule has 0 N–H and O–H groups in total. The molecule has 53 heavy (non-hydrogen) atoms. The van der Waals surface area contributed by atoms with Gasteiger partial charge >= 0.3 is 0 Å². The normalized spacial score (nSPS) is 13.8. The van der Waals surface area contributed by atoms with Crippen molar-refractivity contribution in [1.82, 2.24) is 4.57 Å². The van der Waals surface area contributed by atoms with Gasteiger partial charge in [0, 0.05) is 38.7 Å². The molecule has 1 aliphatic rings. The molecule has 1 unspecified atom stereocenters. The van der Waals surface area contributed by atoms with Crippen LogP contribution in [0, 0.1) is 0 Å². The molecule has 2 aromatic heterocycles. The highest BCUT2D eigenvalue weighted by Crippen LogP contribution is 2.43. The van der Waals surface area contributed by atoms with Crippen molar-refractivity contribution in [3.8, 4) is 39.1 Å². The molecule has 2 nitrogen and oxygen atoms in total. The summed E-state index contributed by atoms with van der Waals surface area (Å²) in [7, 11) is 0. The number of benzene rings is 8. The molecule has 2 heterocycles. The molecule has 2 heteroatoms. The molecule has 1 aliphatic carbocycles. The molecule has 0 bridgehead atoms. The zero-order chi connectivity index (χ0) is 34.9. The van der Waals surface area contributed by atoms with E-state index in [4.69, 9.17) is 4.42 Å². The first-order valence-electron chi connectivity index (χ1n) is 18.3. The van der Waals surface area contributed by atoms with E-state index in [1.807, 2.05) is 12.1 Å². The van der Waals surface area contributed by atoms with E-state index in [1.165, 1.54) is 60.8 Å². The lowest BCUT2D eigenvalue weighted by molar-refractivity contribution is 0.670. The highest BCUT2D eigenvalue weighted by Gasteiger charge is 2.22. The third-order valence-electron chi connectivity index (χ3n) is 11.1. The quantitative estimate of drug-likeness (QED) is 0.182. The van der Waals surface area contributed by atoms with Crippen molar-refractivity contribution in [2.45, 2.75) is 5.92 Å². The summed E-state index contributed by atoms with van der Waals surface area (Å²) in [6.45, 7) is 0. The van der Waals surface area contributed by atoms with Crippen LogP contribution in [0.5, 0.6) is 0 Å². The standard InChI is InChI=1S/C51H33NO/c1-2-11-33(12-3-1)40-28-23-34-13-4-5-14-39(34)46-31-36(24-29-42(40)46)37-25-30-49-47(32-37)43-15-6-8-19-48(43)52(49)38-26-21-35(22-27-38)41-17-10-18-45-44-16-7-9-20-50(44)53-51(41)45/h1-32,40H. The zero-order valence-electron chi connectivity index (χ0n) is 28.9. The van der Waals surface area contributed by atoms with Crippen LogP contribution in [0.25, 0.3) is 88.9 Å². The summed E-state index contributed by atoms with van der Waals surface area (Å²) in [4.78, 5) is 0. The number of allylic oxidation sites excluding steroid dienone is 1. The lowest BCUT2D eigenvalue weighted by Crippen LogP contribution is -1.99. The fraction of sp³-hybridized carbons (Fsp3) is 0.0196. The molecule has 8 aromatic carbocycles. The Labute approximate surface area is 307 Å². The maximum absolute atomic E-state index is 6.37. The number of rotatable bonds is 4. The first kappa shape index (κ1) is 29.8. The summed E-state index contributed by atoms with van der Waals surface area (Å²) >= 11 is 0. The van der Waals surface area contributed by atoms with E-state index >= 15 is 0 Å². The van der Waals surface area contributed by atoms with Gasteiger partial charge < -0.3 is 8.98 Å². The Morgan fingerprint density at radius 1 is 0.434 bits per heavy atom. The predicted octanol–water partition coefficient (Wildman–Crippen LogP) is 13.8. The molecule has 11 rings (SSSR count). The van der Waals surface area contributed by atoms with Gasteiger partial charge in [0.15, 0.2) is 0 Å². The maximum atomic E-state index is 6.37. The van der Waals surface area contributed by atoms with Gasteiger partial charge in [0.2, 0.25) is 0 Å². The highest BCUT2D eigenvalue weighted by atomic mass is 16.3. The van der Waals surface area contributed by atoms with Crippen molar-refractivity contribution in [3.63, 3.8) is 0 Å². The van der Waals surface area contributed by atoms with E-state index in [2.05, 4.69) is 187 Å². The zero-order valence-corrected chi connectivity index (χ0v) is 28.9. The summed E-state index contributed by atoms with van der Waals surface area (Å²) in [5, 5.41) is 4.78. The van der Waals surface area contributed by atoms with Crippen LogP contribution in [-0.2, 0) is 0 Å². The Morgan fingerprint density at radius 3 is 2.02 bits per heavy atom. The second-order valence-electron chi connectivity index (χ2n) is 14.0. The van der Waals surface area contributed by atoms with Gasteiger partial charge in [-0.15, -0.1) is 0 Å². The fourth-order valence-corrected chi connectivity index (χ4v) is 8.58. The van der Waals surface area contributed by atoms with Crippen LogP contribution >= 0.6 is 0 Å². The van der Waals surface area contributed by atoms with E-state index in [0.29, 0.717) is 0 Å². The van der Waals surface area contributed by atoms with Crippen LogP contribution in [0.15, 0.2) is 192 Å². The van der Waals surface area contributed by atoms with Gasteiger partial charge in [-0.3, -0.25) is 0 Å².